The summed E-state index contributed by atoms with van der Waals surface area (Å²) in [5, 5.41) is 38.7. The van der Waals surface area contributed by atoms with Gasteiger partial charge in [0.25, 0.3) is 0 Å². The van der Waals surface area contributed by atoms with Gasteiger partial charge in [-0.2, -0.15) is 0 Å². The van der Waals surface area contributed by atoms with Gasteiger partial charge in [0.05, 0.1) is 77.2 Å². The smallest absolute Gasteiger partial charge is 0.161 e. The summed E-state index contributed by atoms with van der Waals surface area (Å²) in [5.74, 6) is 3.54. The average molecular weight is 975 g/mol. The Bertz CT molecular complexity index is 2920. The summed E-state index contributed by atoms with van der Waals surface area (Å²) >= 11 is 0. The maximum absolute atomic E-state index is 13.2. The molecular weight excluding hydrogens is 917 g/mol. The third-order valence-electron chi connectivity index (χ3n) is 13.7. The maximum Gasteiger partial charge on any atom is 0.161 e. The molecule has 6 aromatic rings. The quantitative estimate of drug-likeness (QED) is 0.0898. The SMILES string of the molecule is COc1ccc2c(c1)O[C@H](c1ccc(OC)c(OC)c1)[C@@H](O)[C@@H]2c1c2c(c3c(c1OC)[C@H](c1ccc(OC)c(OC)c1)[C@@H](O)[C@@H](c1ccc(OC)cc1OC)O3)C[C@H](O)[C@@H](c1ccc(OC)c(OC)c1)O2. The standard InChI is InChI=1S/C55H58O16/c1-59-30-15-17-33(39(24-30)64-6)54-48(57)44(27-11-18-36(61-3)41(21-27)65-7)46-52(71-54)34-26-35(56)50(28-12-19-37(62-4)42(22-28)66-8)70-53(34)47(55(46)68-10)45-32-16-14-31(60-2)25-40(32)69-51(49(45)58)29-13-20-38(63-5)43(23-29)67-9/h11-25,35,44-45,48-51,54,56-58H,26H2,1-10H3/t35-,44-,45-,48+,49-,50+,51+,54+/m0/s1. The number of aliphatic hydroxyl groups is 3. The Balaban J connectivity index is 1.37. The van der Waals surface area contributed by atoms with E-state index in [9.17, 15) is 15.3 Å². The molecule has 0 fully saturated rings. The fourth-order valence-corrected chi connectivity index (χ4v) is 10.3. The van der Waals surface area contributed by atoms with Crippen molar-refractivity contribution in [2.24, 2.45) is 0 Å². The first-order valence-corrected chi connectivity index (χ1v) is 22.9. The predicted molar refractivity (Wildman–Crippen MR) is 260 cm³/mol. The van der Waals surface area contributed by atoms with E-state index in [4.69, 9.17) is 61.6 Å². The normalized spacial score (nSPS) is 21.9. The van der Waals surface area contributed by atoms with Crippen molar-refractivity contribution in [2.75, 3.05) is 71.1 Å². The van der Waals surface area contributed by atoms with Gasteiger partial charge in [0.15, 0.2) is 46.7 Å². The summed E-state index contributed by atoms with van der Waals surface area (Å²) in [4.78, 5) is 0. The lowest BCUT2D eigenvalue weighted by molar-refractivity contribution is -0.00706. The number of methoxy groups -OCH3 is 10. The van der Waals surface area contributed by atoms with E-state index in [1.807, 2.05) is 18.2 Å². The topological polar surface area (TPSA) is 181 Å². The minimum Gasteiger partial charge on any atom is -0.497 e. The lowest BCUT2D eigenvalue weighted by atomic mass is 9.73. The second-order valence-electron chi connectivity index (χ2n) is 17.2. The minimum atomic E-state index is -1.34. The van der Waals surface area contributed by atoms with Crippen molar-refractivity contribution in [3.05, 3.63) is 136 Å². The summed E-state index contributed by atoms with van der Waals surface area (Å²) in [6.07, 6.45) is -6.91. The van der Waals surface area contributed by atoms with E-state index in [1.165, 1.54) is 35.5 Å². The fourth-order valence-electron chi connectivity index (χ4n) is 10.3. The van der Waals surface area contributed by atoms with E-state index in [1.54, 1.807) is 108 Å². The molecule has 71 heavy (non-hydrogen) atoms. The highest BCUT2D eigenvalue weighted by molar-refractivity contribution is 5.71. The number of benzene rings is 6. The molecule has 0 aliphatic carbocycles. The Kier molecular flexibility index (Phi) is 13.8. The van der Waals surface area contributed by atoms with Gasteiger partial charge in [-0.25, -0.2) is 0 Å². The molecule has 3 heterocycles. The van der Waals surface area contributed by atoms with Crippen LogP contribution in [0.25, 0.3) is 0 Å². The minimum absolute atomic E-state index is 0.0111. The van der Waals surface area contributed by atoms with Crippen LogP contribution in [0.15, 0.2) is 91.0 Å². The first-order valence-electron chi connectivity index (χ1n) is 22.9. The molecule has 0 spiro atoms. The van der Waals surface area contributed by atoms with Gasteiger partial charge >= 0.3 is 0 Å². The second-order valence-corrected chi connectivity index (χ2v) is 17.2. The van der Waals surface area contributed by atoms with Crippen molar-refractivity contribution in [2.45, 2.75) is 54.9 Å². The van der Waals surface area contributed by atoms with E-state index in [0.717, 1.165) is 0 Å². The van der Waals surface area contributed by atoms with Crippen LogP contribution in [0.2, 0.25) is 0 Å². The molecule has 8 atom stereocenters. The zero-order chi connectivity index (χ0) is 50.2. The molecule has 374 valence electrons. The van der Waals surface area contributed by atoms with Crippen LogP contribution in [0.4, 0.5) is 0 Å². The van der Waals surface area contributed by atoms with Gasteiger partial charge in [-0.3, -0.25) is 0 Å². The Morgan fingerprint density at radius 1 is 0.394 bits per heavy atom. The summed E-state index contributed by atoms with van der Waals surface area (Å²) in [6.45, 7) is 0. The molecule has 0 amide bonds. The molecule has 0 saturated carbocycles. The molecule has 3 N–H and O–H groups in total. The molecule has 0 saturated heterocycles. The predicted octanol–water partition coefficient (Wildman–Crippen LogP) is 8.06. The maximum atomic E-state index is 13.2. The second kappa shape index (κ2) is 20.1. The molecule has 0 unspecified atom stereocenters. The van der Waals surface area contributed by atoms with Crippen LogP contribution in [0.3, 0.4) is 0 Å². The summed E-state index contributed by atoms with van der Waals surface area (Å²) in [5.41, 5.74) is 4.19. The van der Waals surface area contributed by atoms with Crippen LogP contribution in [0, 0.1) is 0 Å². The highest BCUT2D eigenvalue weighted by atomic mass is 16.5. The fraction of sp³-hybridized carbons (Fsp3) is 0.345. The van der Waals surface area contributed by atoms with Crippen LogP contribution in [-0.2, 0) is 6.42 Å². The van der Waals surface area contributed by atoms with E-state index >= 15 is 0 Å². The molecule has 6 aromatic carbocycles. The van der Waals surface area contributed by atoms with Crippen LogP contribution in [0.1, 0.15) is 74.7 Å². The Labute approximate surface area is 411 Å². The monoisotopic (exact) mass is 974 g/mol. The Hall–Kier alpha value is -7.40. The number of hydrogen-bond acceptors (Lipinski definition) is 16. The van der Waals surface area contributed by atoms with E-state index in [-0.39, 0.29) is 17.9 Å². The van der Waals surface area contributed by atoms with E-state index in [0.29, 0.717) is 108 Å². The Morgan fingerprint density at radius 2 is 0.859 bits per heavy atom. The lowest BCUT2D eigenvalue weighted by Gasteiger charge is -2.44. The molecule has 3 aliphatic heterocycles. The number of hydrogen-bond donors (Lipinski definition) is 3. The average Bonchev–Trinajstić information content (AvgIpc) is 3.41. The molecule has 16 heteroatoms. The highest BCUT2D eigenvalue weighted by Crippen LogP contribution is 2.62. The number of ether oxygens (including phenoxy) is 13. The summed E-state index contributed by atoms with van der Waals surface area (Å²) < 4.78 is 79.0. The Morgan fingerprint density at radius 3 is 1.39 bits per heavy atom. The number of aliphatic hydroxyl groups excluding tert-OH is 3. The molecule has 0 radical (unpaired) electrons. The number of rotatable bonds is 15. The van der Waals surface area contributed by atoms with Gasteiger partial charge in [0.1, 0.15) is 58.6 Å². The molecule has 9 rings (SSSR count). The van der Waals surface area contributed by atoms with Gasteiger partial charge in [-0.15, -0.1) is 0 Å². The largest absolute Gasteiger partial charge is 0.497 e. The van der Waals surface area contributed by atoms with Crippen molar-refractivity contribution in [3.8, 4) is 74.7 Å². The molecule has 3 aliphatic rings. The van der Waals surface area contributed by atoms with Crippen molar-refractivity contribution in [1.29, 1.82) is 0 Å². The van der Waals surface area contributed by atoms with E-state index in [2.05, 4.69) is 0 Å². The van der Waals surface area contributed by atoms with Crippen molar-refractivity contribution in [1.82, 2.24) is 0 Å². The van der Waals surface area contributed by atoms with E-state index < -0.39 is 48.5 Å². The molecule has 16 nitrogen and oxygen atoms in total. The zero-order valence-corrected chi connectivity index (χ0v) is 41.1. The summed E-state index contributed by atoms with van der Waals surface area (Å²) in [6, 6.07) is 26.7. The van der Waals surface area contributed by atoms with Crippen molar-refractivity contribution in [3.63, 3.8) is 0 Å². The van der Waals surface area contributed by atoms with Crippen LogP contribution in [-0.4, -0.2) is 105 Å². The van der Waals surface area contributed by atoms with Gasteiger partial charge in [-0.05, 0) is 71.3 Å². The van der Waals surface area contributed by atoms with Crippen LogP contribution >= 0.6 is 0 Å². The first-order chi connectivity index (χ1) is 34.5. The van der Waals surface area contributed by atoms with Crippen molar-refractivity contribution < 1.29 is 76.9 Å². The zero-order valence-electron chi connectivity index (χ0n) is 41.1. The third kappa shape index (κ3) is 8.38. The summed E-state index contributed by atoms with van der Waals surface area (Å²) in [7, 11) is 15.4. The molecular formula is C55H58O16. The van der Waals surface area contributed by atoms with Gasteiger partial charge in [0, 0.05) is 58.2 Å². The lowest BCUT2D eigenvalue weighted by Crippen LogP contribution is -2.40. The van der Waals surface area contributed by atoms with Crippen LogP contribution in [0.5, 0.6) is 74.7 Å². The number of fused-ring (bicyclic) bond motifs is 4. The van der Waals surface area contributed by atoms with Crippen LogP contribution < -0.4 is 61.6 Å². The van der Waals surface area contributed by atoms with Gasteiger partial charge in [-0.1, -0.05) is 24.3 Å². The molecule has 0 aromatic heterocycles. The third-order valence-corrected chi connectivity index (χ3v) is 13.7. The highest BCUT2D eigenvalue weighted by Gasteiger charge is 2.51. The van der Waals surface area contributed by atoms with Gasteiger partial charge < -0.3 is 76.9 Å². The van der Waals surface area contributed by atoms with Crippen molar-refractivity contribution >= 4 is 0 Å². The molecule has 0 bridgehead atoms. The van der Waals surface area contributed by atoms with Gasteiger partial charge in [0.2, 0.25) is 0 Å². The first kappa shape index (κ1) is 48.6.